The van der Waals surface area contributed by atoms with Crippen LogP contribution in [0.3, 0.4) is 0 Å². The second-order valence-electron chi connectivity index (χ2n) is 5.79. The number of benzene rings is 1. The van der Waals surface area contributed by atoms with Crippen LogP contribution in [0.5, 0.6) is 0 Å². The van der Waals surface area contributed by atoms with Gasteiger partial charge in [0.15, 0.2) is 5.82 Å². The number of aromatic amines is 1. The van der Waals surface area contributed by atoms with Crippen LogP contribution in [0.1, 0.15) is 19.4 Å². The molecule has 2 heterocycles. The quantitative estimate of drug-likeness (QED) is 0.889. The number of H-pyrrole nitrogens is 1. The van der Waals surface area contributed by atoms with Gasteiger partial charge in [0.1, 0.15) is 5.82 Å². The zero-order valence-electron chi connectivity index (χ0n) is 12.5. The van der Waals surface area contributed by atoms with E-state index < -0.39 is 0 Å². The van der Waals surface area contributed by atoms with Gasteiger partial charge in [0.25, 0.3) is 0 Å². The topological polar surface area (TPSA) is 56.8 Å². The number of aromatic nitrogens is 3. The van der Waals surface area contributed by atoms with Crippen molar-refractivity contribution in [2.45, 2.75) is 32.9 Å². The molecule has 1 aromatic carbocycles. The Kier molecular flexibility index (Phi) is 3.63. The van der Waals surface area contributed by atoms with Crippen LogP contribution in [0.4, 0.5) is 10.3 Å². The highest BCUT2D eigenvalue weighted by Gasteiger charge is 2.24. The minimum Gasteiger partial charge on any atom is -0.336 e. The van der Waals surface area contributed by atoms with Gasteiger partial charge in [0, 0.05) is 25.2 Å². The van der Waals surface area contributed by atoms with Gasteiger partial charge in [-0.05, 0) is 32.4 Å². The Labute approximate surface area is 123 Å². The number of anilines is 1. The molecule has 0 saturated carbocycles. The summed E-state index contributed by atoms with van der Waals surface area (Å²) in [4.78, 5) is 6.59. The van der Waals surface area contributed by atoms with Crippen molar-refractivity contribution in [2.75, 3.05) is 18.0 Å². The van der Waals surface area contributed by atoms with Crippen molar-refractivity contribution < 1.29 is 4.39 Å². The lowest BCUT2D eigenvalue weighted by atomic mass is 10.1. The van der Waals surface area contributed by atoms with E-state index in [0.29, 0.717) is 35.0 Å². The largest absolute Gasteiger partial charge is 0.336 e. The average Bonchev–Trinajstić information content (AvgIpc) is 2.90. The van der Waals surface area contributed by atoms with E-state index in [1.165, 1.54) is 0 Å². The van der Waals surface area contributed by atoms with Gasteiger partial charge in [-0.3, -0.25) is 5.10 Å². The molecule has 2 atom stereocenters. The monoisotopic (exact) mass is 289 g/mol. The molecule has 112 valence electrons. The molecule has 6 heteroatoms. The lowest BCUT2D eigenvalue weighted by Crippen LogP contribution is -2.54. The van der Waals surface area contributed by atoms with Crippen molar-refractivity contribution in [3.8, 4) is 11.4 Å². The number of piperazine rings is 1. The van der Waals surface area contributed by atoms with E-state index in [0.717, 1.165) is 13.1 Å². The van der Waals surface area contributed by atoms with E-state index in [1.54, 1.807) is 19.1 Å². The van der Waals surface area contributed by atoms with Gasteiger partial charge >= 0.3 is 0 Å². The Balaban J connectivity index is 1.88. The SMILES string of the molecule is Cc1cccc(-c2nc(N3CC(C)NC(C)C3)n[nH]2)c1F. The van der Waals surface area contributed by atoms with E-state index in [1.807, 2.05) is 6.07 Å². The summed E-state index contributed by atoms with van der Waals surface area (Å²) in [6, 6.07) is 6.05. The molecule has 1 fully saturated rings. The maximum atomic E-state index is 14.2. The van der Waals surface area contributed by atoms with Gasteiger partial charge in [-0.15, -0.1) is 5.10 Å². The molecule has 1 aromatic heterocycles. The Hall–Kier alpha value is -1.95. The third-order valence-electron chi connectivity index (χ3n) is 3.76. The molecule has 2 N–H and O–H groups in total. The number of rotatable bonds is 2. The maximum Gasteiger partial charge on any atom is 0.245 e. The molecule has 0 aliphatic carbocycles. The second kappa shape index (κ2) is 5.44. The number of nitrogens with one attached hydrogen (secondary N) is 2. The van der Waals surface area contributed by atoms with Crippen molar-refractivity contribution in [3.63, 3.8) is 0 Å². The fourth-order valence-corrected chi connectivity index (χ4v) is 2.84. The smallest absolute Gasteiger partial charge is 0.245 e. The predicted molar refractivity (Wildman–Crippen MR) is 80.8 cm³/mol. The van der Waals surface area contributed by atoms with Gasteiger partial charge < -0.3 is 10.2 Å². The molecular weight excluding hydrogens is 269 g/mol. The number of nitrogens with zero attached hydrogens (tertiary/aromatic N) is 3. The minimum absolute atomic E-state index is 0.248. The van der Waals surface area contributed by atoms with E-state index >= 15 is 0 Å². The van der Waals surface area contributed by atoms with Gasteiger partial charge in [-0.25, -0.2) is 4.39 Å². The molecule has 0 radical (unpaired) electrons. The molecule has 3 rings (SSSR count). The first-order valence-electron chi connectivity index (χ1n) is 7.23. The van der Waals surface area contributed by atoms with Gasteiger partial charge in [0.2, 0.25) is 5.95 Å². The highest BCUT2D eigenvalue weighted by Crippen LogP contribution is 2.23. The van der Waals surface area contributed by atoms with Crippen LogP contribution in [-0.2, 0) is 0 Å². The number of hydrogen-bond donors (Lipinski definition) is 2. The summed E-state index contributed by atoms with van der Waals surface area (Å²) in [6.07, 6.45) is 0. The Morgan fingerprint density at radius 2 is 1.95 bits per heavy atom. The number of halogens is 1. The van der Waals surface area contributed by atoms with Crippen molar-refractivity contribution >= 4 is 5.95 Å². The van der Waals surface area contributed by atoms with Crippen molar-refractivity contribution in [3.05, 3.63) is 29.6 Å². The van der Waals surface area contributed by atoms with E-state index in [9.17, 15) is 4.39 Å². The standard InChI is InChI=1S/C15H20FN5/c1-9-5-4-6-12(13(9)16)14-18-15(20-19-14)21-7-10(2)17-11(3)8-21/h4-6,10-11,17H,7-8H2,1-3H3,(H,18,19,20). The summed E-state index contributed by atoms with van der Waals surface area (Å²) in [6.45, 7) is 7.71. The first kappa shape index (κ1) is 14.0. The van der Waals surface area contributed by atoms with Crippen molar-refractivity contribution in [2.24, 2.45) is 0 Å². The van der Waals surface area contributed by atoms with Gasteiger partial charge in [-0.2, -0.15) is 4.98 Å². The third-order valence-corrected chi connectivity index (χ3v) is 3.76. The summed E-state index contributed by atoms with van der Waals surface area (Å²) in [5, 5.41) is 10.6. The fraction of sp³-hybridized carbons (Fsp3) is 0.467. The number of aryl methyl sites for hydroxylation is 1. The Morgan fingerprint density at radius 3 is 2.67 bits per heavy atom. The van der Waals surface area contributed by atoms with Crippen LogP contribution in [-0.4, -0.2) is 40.4 Å². The van der Waals surface area contributed by atoms with E-state index in [2.05, 4.69) is 39.2 Å². The lowest BCUT2D eigenvalue weighted by Gasteiger charge is -2.35. The van der Waals surface area contributed by atoms with E-state index in [-0.39, 0.29) is 5.82 Å². The molecule has 5 nitrogen and oxygen atoms in total. The van der Waals surface area contributed by atoms with Crippen LogP contribution in [0.25, 0.3) is 11.4 Å². The van der Waals surface area contributed by atoms with Crippen molar-refractivity contribution in [1.82, 2.24) is 20.5 Å². The molecule has 1 aliphatic rings. The molecule has 1 aliphatic heterocycles. The zero-order valence-corrected chi connectivity index (χ0v) is 12.5. The highest BCUT2D eigenvalue weighted by atomic mass is 19.1. The third kappa shape index (κ3) is 2.76. The summed E-state index contributed by atoms with van der Waals surface area (Å²) in [7, 11) is 0. The average molecular weight is 289 g/mol. The van der Waals surface area contributed by atoms with Crippen molar-refractivity contribution in [1.29, 1.82) is 0 Å². The van der Waals surface area contributed by atoms with Crippen LogP contribution in [0.15, 0.2) is 18.2 Å². The fourth-order valence-electron chi connectivity index (χ4n) is 2.84. The van der Waals surface area contributed by atoms with Gasteiger partial charge in [0.05, 0.1) is 5.56 Å². The van der Waals surface area contributed by atoms with Crippen LogP contribution >= 0.6 is 0 Å². The Morgan fingerprint density at radius 1 is 1.24 bits per heavy atom. The number of hydrogen-bond acceptors (Lipinski definition) is 4. The highest BCUT2D eigenvalue weighted by molar-refractivity contribution is 5.58. The molecule has 0 spiro atoms. The first-order valence-corrected chi connectivity index (χ1v) is 7.23. The molecule has 21 heavy (non-hydrogen) atoms. The lowest BCUT2D eigenvalue weighted by molar-refractivity contribution is 0.403. The second-order valence-corrected chi connectivity index (χ2v) is 5.79. The minimum atomic E-state index is -0.248. The van der Waals surface area contributed by atoms with Crippen LogP contribution in [0.2, 0.25) is 0 Å². The van der Waals surface area contributed by atoms with Crippen LogP contribution < -0.4 is 10.2 Å². The molecule has 2 aromatic rings. The maximum absolute atomic E-state index is 14.2. The summed E-state index contributed by atoms with van der Waals surface area (Å²) >= 11 is 0. The first-order chi connectivity index (χ1) is 10.0. The molecule has 0 bridgehead atoms. The predicted octanol–water partition coefficient (Wildman–Crippen LogP) is 2.11. The summed E-state index contributed by atoms with van der Waals surface area (Å²) in [5.74, 6) is 0.860. The zero-order chi connectivity index (χ0) is 15.0. The van der Waals surface area contributed by atoms with E-state index in [4.69, 9.17) is 0 Å². The Bertz CT molecular complexity index is 629. The summed E-state index contributed by atoms with van der Waals surface area (Å²) < 4.78 is 14.2. The molecule has 0 amide bonds. The molecule has 2 unspecified atom stereocenters. The van der Waals surface area contributed by atoms with Gasteiger partial charge in [-0.1, -0.05) is 12.1 Å². The normalized spacial score (nSPS) is 22.6. The molecule has 1 saturated heterocycles. The molecular formula is C15H20FN5. The summed E-state index contributed by atoms with van der Waals surface area (Å²) in [5.41, 5.74) is 1.07. The van der Waals surface area contributed by atoms with Crippen LogP contribution in [0, 0.1) is 12.7 Å².